The number of hydrogen-bond acceptors (Lipinski definition) is 3. The van der Waals surface area contributed by atoms with Crippen LogP contribution < -0.4 is 5.32 Å². The zero-order valence-electron chi connectivity index (χ0n) is 10.0. The van der Waals surface area contributed by atoms with Crippen LogP contribution >= 0.6 is 0 Å². The van der Waals surface area contributed by atoms with E-state index in [9.17, 15) is 8.42 Å². The van der Waals surface area contributed by atoms with E-state index in [1.165, 1.54) is 5.57 Å². The second kappa shape index (κ2) is 7.88. The Morgan fingerprint density at radius 1 is 1.33 bits per heavy atom. The molecule has 0 bridgehead atoms. The minimum atomic E-state index is -2.81. The number of hydrogen-bond donors (Lipinski definition) is 1. The first-order valence-corrected chi connectivity index (χ1v) is 7.40. The van der Waals surface area contributed by atoms with Gasteiger partial charge in [0.25, 0.3) is 0 Å². The molecule has 0 aromatic rings. The average Bonchev–Trinajstić information content (AvgIpc) is 2.22. The summed E-state index contributed by atoms with van der Waals surface area (Å²) in [5.74, 6) is 0.532. The van der Waals surface area contributed by atoms with Crippen molar-refractivity contribution in [2.75, 3.05) is 24.6 Å². The van der Waals surface area contributed by atoms with Gasteiger partial charge in [-0.2, -0.15) is 0 Å². The first kappa shape index (κ1) is 14.6. The zero-order chi connectivity index (χ0) is 11.7. The van der Waals surface area contributed by atoms with E-state index in [0.717, 1.165) is 19.5 Å². The van der Waals surface area contributed by atoms with Gasteiger partial charge in [0.2, 0.25) is 0 Å². The van der Waals surface area contributed by atoms with Crippen LogP contribution in [0.1, 0.15) is 33.6 Å². The molecule has 15 heavy (non-hydrogen) atoms. The molecule has 0 aliphatic heterocycles. The summed E-state index contributed by atoms with van der Waals surface area (Å²) in [7, 11) is -2.81. The third-order valence-electron chi connectivity index (χ3n) is 2.31. The molecular formula is C11H23NO2S. The van der Waals surface area contributed by atoms with Crippen LogP contribution in [0, 0.1) is 0 Å². The van der Waals surface area contributed by atoms with Gasteiger partial charge in [-0.15, -0.1) is 0 Å². The van der Waals surface area contributed by atoms with Crippen molar-refractivity contribution in [2.45, 2.75) is 33.6 Å². The lowest BCUT2D eigenvalue weighted by atomic mass is 10.2. The number of rotatable bonds is 8. The lowest BCUT2D eigenvalue weighted by Gasteiger charge is -2.02. The van der Waals surface area contributed by atoms with Crippen molar-refractivity contribution >= 4 is 9.84 Å². The molecule has 0 aromatic heterocycles. The molecule has 0 aliphatic carbocycles. The van der Waals surface area contributed by atoms with E-state index in [1.54, 1.807) is 6.92 Å². The highest BCUT2D eigenvalue weighted by molar-refractivity contribution is 7.91. The molecule has 0 amide bonds. The second-order valence-corrected chi connectivity index (χ2v) is 6.15. The van der Waals surface area contributed by atoms with Crippen molar-refractivity contribution in [1.82, 2.24) is 5.32 Å². The van der Waals surface area contributed by atoms with Crippen LogP contribution in [0.3, 0.4) is 0 Å². The minimum absolute atomic E-state index is 0.248. The highest BCUT2D eigenvalue weighted by Crippen LogP contribution is 2.04. The molecule has 4 heteroatoms. The molecule has 90 valence electrons. The fraction of sp³-hybridized carbons (Fsp3) is 0.818. The van der Waals surface area contributed by atoms with Gasteiger partial charge >= 0.3 is 0 Å². The smallest absolute Gasteiger partial charge is 0.150 e. The topological polar surface area (TPSA) is 46.2 Å². The van der Waals surface area contributed by atoms with E-state index in [0.29, 0.717) is 6.42 Å². The van der Waals surface area contributed by atoms with Gasteiger partial charge in [0, 0.05) is 5.75 Å². The summed E-state index contributed by atoms with van der Waals surface area (Å²) in [6.45, 7) is 7.71. The van der Waals surface area contributed by atoms with Crippen LogP contribution in [0.25, 0.3) is 0 Å². The van der Waals surface area contributed by atoms with Crippen LogP contribution in [0.5, 0.6) is 0 Å². The highest BCUT2D eigenvalue weighted by Gasteiger charge is 2.06. The van der Waals surface area contributed by atoms with E-state index in [-0.39, 0.29) is 11.5 Å². The van der Waals surface area contributed by atoms with E-state index >= 15 is 0 Å². The minimum Gasteiger partial charge on any atom is -0.317 e. The van der Waals surface area contributed by atoms with Crippen molar-refractivity contribution in [3.05, 3.63) is 11.6 Å². The summed E-state index contributed by atoms with van der Waals surface area (Å²) in [5, 5.41) is 3.22. The number of nitrogens with one attached hydrogen (secondary N) is 1. The Balaban J connectivity index is 3.78. The largest absolute Gasteiger partial charge is 0.317 e. The Kier molecular flexibility index (Phi) is 7.70. The molecule has 0 atom stereocenters. The zero-order valence-corrected chi connectivity index (χ0v) is 10.9. The van der Waals surface area contributed by atoms with Gasteiger partial charge in [-0.25, -0.2) is 8.42 Å². The van der Waals surface area contributed by atoms with Crippen LogP contribution in [0.15, 0.2) is 11.6 Å². The Labute approximate surface area is 93.9 Å². The van der Waals surface area contributed by atoms with Gasteiger partial charge < -0.3 is 5.32 Å². The Hall–Kier alpha value is -0.350. The standard InChI is InChI=1S/C11H23NO2S/c1-4-12-9-6-7-11(3)8-10-15(13,14)5-2/h7,12H,4-6,8-10H2,1-3H3/b11-7-. The highest BCUT2D eigenvalue weighted by atomic mass is 32.2. The van der Waals surface area contributed by atoms with E-state index in [1.807, 2.05) is 6.92 Å². The first-order chi connectivity index (χ1) is 7.02. The normalized spacial score (nSPS) is 13.1. The van der Waals surface area contributed by atoms with Crippen LogP contribution in [0.4, 0.5) is 0 Å². The molecule has 0 saturated carbocycles. The molecule has 1 N–H and O–H groups in total. The lowest BCUT2D eigenvalue weighted by molar-refractivity contribution is 0.596. The molecule has 0 aliphatic rings. The molecule has 0 rings (SSSR count). The molecule has 0 aromatic carbocycles. The monoisotopic (exact) mass is 233 g/mol. The fourth-order valence-electron chi connectivity index (χ4n) is 1.16. The SMILES string of the molecule is CCNCC/C=C(/C)CCS(=O)(=O)CC. The predicted octanol–water partition coefficient (Wildman–Crippen LogP) is 1.76. The summed E-state index contributed by atoms with van der Waals surface area (Å²) in [6, 6.07) is 0. The van der Waals surface area contributed by atoms with Crippen LogP contribution in [-0.4, -0.2) is 33.0 Å². The summed E-state index contributed by atoms with van der Waals surface area (Å²) in [6.07, 6.45) is 3.77. The quantitative estimate of drug-likeness (QED) is 0.513. The van der Waals surface area contributed by atoms with Gasteiger partial charge in [-0.1, -0.05) is 25.5 Å². The maximum atomic E-state index is 11.2. The Morgan fingerprint density at radius 2 is 2.00 bits per heavy atom. The maximum Gasteiger partial charge on any atom is 0.150 e. The van der Waals surface area contributed by atoms with Crippen LogP contribution in [0.2, 0.25) is 0 Å². The fourth-order valence-corrected chi connectivity index (χ4v) is 2.08. The van der Waals surface area contributed by atoms with Crippen molar-refractivity contribution in [3.63, 3.8) is 0 Å². The van der Waals surface area contributed by atoms with E-state index in [2.05, 4.69) is 18.3 Å². The lowest BCUT2D eigenvalue weighted by Crippen LogP contribution is -2.13. The molecule has 0 saturated heterocycles. The van der Waals surface area contributed by atoms with E-state index < -0.39 is 9.84 Å². The molecular weight excluding hydrogens is 210 g/mol. The summed E-state index contributed by atoms with van der Waals surface area (Å²) in [5.41, 5.74) is 1.17. The Bertz CT molecular complexity index is 281. The molecule has 0 heterocycles. The van der Waals surface area contributed by atoms with Gasteiger partial charge in [0.1, 0.15) is 9.84 Å². The van der Waals surface area contributed by atoms with Gasteiger partial charge in [0.05, 0.1) is 5.75 Å². The molecule has 0 unspecified atom stereocenters. The summed E-state index contributed by atoms with van der Waals surface area (Å²) in [4.78, 5) is 0. The molecule has 0 spiro atoms. The van der Waals surface area contributed by atoms with Crippen LogP contribution in [-0.2, 0) is 9.84 Å². The molecule has 0 radical (unpaired) electrons. The van der Waals surface area contributed by atoms with Crippen molar-refractivity contribution in [2.24, 2.45) is 0 Å². The predicted molar refractivity (Wildman–Crippen MR) is 65.9 cm³/mol. The van der Waals surface area contributed by atoms with Crippen molar-refractivity contribution in [3.8, 4) is 0 Å². The summed E-state index contributed by atoms with van der Waals surface area (Å²) >= 11 is 0. The van der Waals surface area contributed by atoms with Gasteiger partial charge in [-0.05, 0) is 32.9 Å². The third kappa shape index (κ3) is 8.63. The summed E-state index contributed by atoms with van der Waals surface area (Å²) < 4.78 is 22.5. The van der Waals surface area contributed by atoms with Crippen molar-refractivity contribution < 1.29 is 8.42 Å². The number of allylic oxidation sites excluding steroid dienone is 1. The average molecular weight is 233 g/mol. The molecule has 0 fully saturated rings. The van der Waals surface area contributed by atoms with Gasteiger partial charge in [-0.3, -0.25) is 0 Å². The Morgan fingerprint density at radius 3 is 2.53 bits per heavy atom. The first-order valence-electron chi connectivity index (χ1n) is 5.58. The molecule has 3 nitrogen and oxygen atoms in total. The maximum absolute atomic E-state index is 11.2. The number of sulfone groups is 1. The van der Waals surface area contributed by atoms with Gasteiger partial charge in [0.15, 0.2) is 0 Å². The second-order valence-electron chi connectivity index (χ2n) is 3.68. The third-order valence-corrected chi connectivity index (χ3v) is 4.02. The van der Waals surface area contributed by atoms with Crippen molar-refractivity contribution in [1.29, 1.82) is 0 Å². The van der Waals surface area contributed by atoms with E-state index in [4.69, 9.17) is 0 Å².